The zero-order valence-electron chi connectivity index (χ0n) is 17.9. The molecule has 5 heteroatoms. The van der Waals surface area contributed by atoms with Gasteiger partial charge < -0.3 is 9.15 Å². The van der Waals surface area contributed by atoms with Gasteiger partial charge in [-0.25, -0.2) is 9.78 Å². The molecular formula is C26H26N2O3. The van der Waals surface area contributed by atoms with Gasteiger partial charge in [0.15, 0.2) is 0 Å². The molecule has 158 valence electrons. The fraction of sp³-hybridized carbons (Fsp3) is 0.308. The lowest BCUT2D eigenvalue weighted by Crippen LogP contribution is -2.40. The van der Waals surface area contributed by atoms with E-state index < -0.39 is 0 Å². The van der Waals surface area contributed by atoms with E-state index in [2.05, 4.69) is 41.3 Å². The molecule has 1 saturated heterocycles. The Morgan fingerprint density at radius 2 is 1.87 bits per heavy atom. The van der Waals surface area contributed by atoms with E-state index in [1.54, 1.807) is 12.1 Å². The number of fused-ring (bicyclic) bond motifs is 2. The third-order valence-electron chi connectivity index (χ3n) is 6.65. The number of rotatable bonds is 4. The summed E-state index contributed by atoms with van der Waals surface area (Å²) in [6.45, 7) is 4.83. The molecule has 1 fully saturated rings. The minimum atomic E-state index is -0.349. The third-order valence-corrected chi connectivity index (χ3v) is 6.65. The van der Waals surface area contributed by atoms with Gasteiger partial charge in [0.1, 0.15) is 5.76 Å². The number of likely N-dealkylation sites (tertiary alicyclic amines) is 1. The van der Waals surface area contributed by atoms with Crippen LogP contribution in [-0.4, -0.2) is 36.1 Å². The van der Waals surface area contributed by atoms with Gasteiger partial charge in [0.2, 0.25) is 5.89 Å². The lowest BCUT2D eigenvalue weighted by Gasteiger charge is -2.39. The summed E-state index contributed by atoms with van der Waals surface area (Å²) in [7, 11) is 1.38. The molecule has 2 heterocycles. The summed E-state index contributed by atoms with van der Waals surface area (Å²) in [4.78, 5) is 18.9. The van der Waals surface area contributed by atoms with Crippen LogP contribution in [0.2, 0.25) is 0 Å². The van der Waals surface area contributed by atoms with Gasteiger partial charge in [0.05, 0.1) is 18.4 Å². The van der Waals surface area contributed by atoms with Crippen molar-refractivity contribution in [2.75, 3.05) is 20.2 Å². The number of benzene rings is 2. The summed E-state index contributed by atoms with van der Waals surface area (Å²) in [6, 6.07) is 15.9. The predicted molar refractivity (Wildman–Crippen MR) is 120 cm³/mol. The Morgan fingerprint density at radius 3 is 2.61 bits per heavy atom. The van der Waals surface area contributed by atoms with Gasteiger partial charge >= 0.3 is 5.97 Å². The van der Waals surface area contributed by atoms with E-state index in [4.69, 9.17) is 14.1 Å². The molecular weight excluding hydrogens is 388 g/mol. The first kappa shape index (κ1) is 19.8. The van der Waals surface area contributed by atoms with Gasteiger partial charge in [-0.3, -0.25) is 4.90 Å². The molecule has 1 spiro atoms. The molecule has 1 aromatic heterocycles. The average Bonchev–Trinajstić information content (AvgIpc) is 3.36. The zero-order chi connectivity index (χ0) is 21.4. The molecule has 5 rings (SSSR count). The van der Waals surface area contributed by atoms with Crippen LogP contribution in [0.5, 0.6) is 0 Å². The van der Waals surface area contributed by atoms with Gasteiger partial charge in [0, 0.05) is 17.5 Å². The highest BCUT2D eigenvalue weighted by Crippen LogP contribution is 2.43. The number of oxazole rings is 1. The van der Waals surface area contributed by atoms with Gasteiger partial charge in [0.25, 0.3) is 0 Å². The lowest BCUT2D eigenvalue weighted by molar-refractivity contribution is 0.0600. The molecule has 0 N–H and O–H groups in total. The first-order valence-corrected chi connectivity index (χ1v) is 10.7. The summed E-state index contributed by atoms with van der Waals surface area (Å²) in [5, 5.41) is 0. The fourth-order valence-electron chi connectivity index (χ4n) is 4.76. The Hall–Kier alpha value is -3.18. The smallest absolute Gasteiger partial charge is 0.337 e. The Kier molecular flexibility index (Phi) is 4.98. The summed E-state index contributed by atoms with van der Waals surface area (Å²) >= 11 is 0. The number of carbonyl (C=O) groups excluding carboxylic acids is 1. The standard InChI is InChI=1S/C26H26N2O3/c1-18-23(27-24(31-18)20-7-9-21(10-8-20)25(29)30-2)17-28-15-13-26(14-16-28)12-11-19-5-3-4-6-22(19)26/h3-12H,13-17H2,1-2H3. The van der Waals surface area contributed by atoms with Crippen molar-refractivity contribution >= 4 is 12.0 Å². The van der Waals surface area contributed by atoms with Crippen LogP contribution in [0.3, 0.4) is 0 Å². The van der Waals surface area contributed by atoms with E-state index in [-0.39, 0.29) is 11.4 Å². The van der Waals surface area contributed by atoms with Crippen LogP contribution in [0.25, 0.3) is 17.5 Å². The minimum absolute atomic E-state index is 0.193. The van der Waals surface area contributed by atoms with Crippen LogP contribution in [0, 0.1) is 6.92 Å². The number of hydrogen-bond donors (Lipinski definition) is 0. The van der Waals surface area contributed by atoms with Crippen molar-refractivity contribution in [1.82, 2.24) is 9.88 Å². The maximum absolute atomic E-state index is 11.6. The van der Waals surface area contributed by atoms with Gasteiger partial charge in [-0.2, -0.15) is 0 Å². The molecule has 0 bridgehead atoms. The molecule has 0 saturated carbocycles. The summed E-state index contributed by atoms with van der Waals surface area (Å²) in [6.07, 6.45) is 6.94. The second kappa shape index (κ2) is 7.82. The maximum Gasteiger partial charge on any atom is 0.337 e. The number of carbonyl (C=O) groups is 1. The van der Waals surface area contributed by atoms with Crippen LogP contribution >= 0.6 is 0 Å². The van der Waals surface area contributed by atoms with E-state index in [1.165, 1.54) is 18.2 Å². The molecule has 0 atom stereocenters. The number of allylic oxidation sites excluding steroid dienone is 1. The molecule has 1 aliphatic carbocycles. The number of ether oxygens (including phenoxy) is 1. The highest BCUT2D eigenvalue weighted by atomic mass is 16.5. The van der Waals surface area contributed by atoms with Crippen molar-refractivity contribution in [2.24, 2.45) is 0 Å². The molecule has 0 unspecified atom stereocenters. The molecule has 31 heavy (non-hydrogen) atoms. The van der Waals surface area contributed by atoms with Crippen molar-refractivity contribution in [3.05, 3.63) is 82.8 Å². The number of aryl methyl sites for hydroxylation is 1. The number of methoxy groups -OCH3 is 1. The Morgan fingerprint density at radius 1 is 1.13 bits per heavy atom. The maximum atomic E-state index is 11.6. The largest absolute Gasteiger partial charge is 0.465 e. The third kappa shape index (κ3) is 3.59. The van der Waals surface area contributed by atoms with Gasteiger partial charge in [-0.1, -0.05) is 36.4 Å². The van der Waals surface area contributed by atoms with E-state index >= 15 is 0 Å². The van der Waals surface area contributed by atoms with Crippen molar-refractivity contribution in [2.45, 2.75) is 31.7 Å². The molecule has 5 nitrogen and oxygen atoms in total. The number of esters is 1. The van der Waals surface area contributed by atoms with Crippen molar-refractivity contribution < 1.29 is 13.9 Å². The van der Waals surface area contributed by atoms with Crippen LogP contribution < -0.4 is 0 Å². The second-order valence-corrected chi connectivity index (χ2v) is 8.44. The predicted octanol–water partition coefficient (Wildman–Crippen LogP) is 5.00. The first-order chi connectivity index (χ1) is 15.1. The molecule has 0 radical (unpaired) electrons. The number of hydrogen-bond acceptors (Lipinski definition) is 5. The number of nitrogens with zero attached hydrogens (tertiary/aromatic N) is 2. The van der Waals surface area contributed by atoms with E-state index in [0.717, 1.165) is 49.5 Å². The van der Waals surface area contributed by atoms with Crippen LogP contribution in [0.1, 0.15) is 45.8 Å². The monoisotopic (exact) mass is 414 g/mol. The topological polar surface area (TPSA) is 55.6 Å². The SMILES string of the molecule is COC(=O)c1ccc(-c2nc(CN3CCC4(C=Cc5ccccc54)CC3)c(C)o2)cc1. The first-order valence-electron chi connectivity index (χ1n) is 10.7. The van der Waals surface area contributed by atoms with Crippen molar-refractivity contribution in [3.63, 3.8) is 0 Å². The summed E-state index contributed by atoms with van der Waals surface area (Å²) in [5.74, 6) is 1.09. The van der Waals surface area contributed by atoms with Gasteiger partial charge in [-0.15, -0.1) is 0 Å². The highest BCUT2D eigenvalue weighted by Gasteiger charge is 2.37. The van der Waals surface area contributed by atoms with Crippen LogP contribution in [0.15, 0.2) is 59.0 Å². The highest BCUT2D eigenvalue weighted by molar-refractivity contribution is 5.89. The van der Waals surface area contributed by atoms with Crippen LogP contribution in [-0.2, 0) is 16.7 Å². The second-order valence-electron chi connectivity index (χ2n) is 8.44. The Balaban J connectivity index is 1.27. The lowest BCUT2D eigenvalue weighted by atomic mass is 9.74. The minimum Gasteiger partial charge on any atom is -0.465 e. The number of aromatic nitrogens is 1. The summed E-state index contributed by atoms with van der Waals surface area (Å²) < 4.78 is 10.7. The molecule has 3 aromatic rings. The number of piperidine rings is 1. The van der Waals surface area contributed by atoms with Gasteiger partial charge in [-0.05, 0) is 68.2 Å². The average molecular weight is 415 g/mol. The fourth-order valence-corrected chi connectivity index (χ4v) is 4.76. The van der Waals surface area contributed by atoms with E-state index in [9.17, 15) is 4.79 Å². The van der Waals surface area contributed by atoms with Crippen LogP contribution in [0.4, 0.5) is 0 Å². The molecule has 0 amide bonds. The molecule has 2 aromatic carbocycles. The Labute approximate surface area is 182 Å². The quantitative estimate of drug-likeness (QED) is 0.563. The molecule has 1 aliphatic heterocycles. The van der Waals surface area contributed by atoms with Crippen molar-refractivity contribution in [1.29, 1.82) is 0 Å². The Bertz CT molecular complexity index is 1140. The normalized spacial score (nSPS) is 17.1. The summed E-state index contributed by atoms with van der Waals surface area (Å²) in [5.41, 5.74) is 5.38. The molecule has 2 aliphatic rings. The van der Waals surface area contributed by atoms with E-state index in [1.807, 2.05) is 19.1 Å². The van der Waals surface area contributed by atoms with Crippen molar-refractivity contribution in [3.8, 4) is 11.5 Å². The zero-order valence-corrected chi connectivity index (χ0v) is 17.9. The van der Waals surface area contributed by atoms with E-state index in [0.29, 0.717) is 11.5 Å².